The summed E-state index contributed by atoms with van der Waals surface area (Å²) in [6, 6.07) is 11.8. The van der Waals surface area contributed by atoms with Crippen LogP contribution < -0.4 is 5.32 Å². The number of benzene rings is 1. The Morgan fingerprint density at radius 3 is 2.47 bits per heavy atom. The summed E-state index contributed by atoms with van der Waals surface area (Å²) in [5.74, 6) is -0.235. The minimum atomic E-state index is -0.604. The Kier molecular flexibility index (Phi) is 6.70. The predicted molar refractivity (Wildman–Crippen MR) is 135 cm³/mol. The van der Waals surface area contributed by atoms with Crippen LogP contribution in [0.15, 0.2) is 41.8 Å². The van der Waals surface area contributed by atoms with Crippen molar-refractivity contribution in [1.29, 1.82) is 0 Å². The Hall–Kier alpha value is -3.26. The number of thiazole rings is 1. The molecule has 1 saturated heterocycles. The van der Waals surface area contributed by atoms with Crippen LogP contribution in [0.2, 0.25) is 0 Å². The summed E-state index contributed by atoms with van der Waals surface area (Å²) in [4.78, 5) is 36.1. The Bertz CT molecular complexity index is 1190. The average molecular weight is 479 g/mol. The summed E-state index contributed by atoms with van der Waals surface area (Å²) in [6.07, 6.45) is 0.917. The molecule has 1 fully saturated rings. The standard InChI is InChI=1S/C26H30N4O3S/c1-16-12-20(13-17(2)27-16)18-8-6-9-19(14-18)21-15-34-24(28-21)29-23(31)22-10-7-11-30(22)25(32)33-26(3,4)5/h6,8-9,12-15,22H,7,10-11H2,1-5H3,(H,28,29,31)/t22-/m0/s1. The monoisotopic (exact) mass is 478 g/mol. The van der Waals surface area contributed by atoms with Gasteiger partial charge in [0.05, 0.1) is 5.69 Å². The van der Waals surface area contributed by atoms with E-state index in [1.807, 2.05) is 52.1 Å². The van der Waals surface area contributed by atoms with Crippen LogP contribution in [-0.4, -0.2) is 45.1 Å². The molecular formula is C26H30N4O3S. The maximum Gasteiger partial charge on any atom is 0.410 e. The maximum atomic E-state index is 12.9. The molecule has 0 saturated carbocycles. The molecule has 0 spiro atoms. The van der Waals surface area contributed by atoms with Crippen molar-refractivity contribution in [3.8, 4) is 22.4 Å². The highest BCUT2D eigenvalue weighted by molar-refractivity contribution is 7.14. The van der Waals surface area contributed by atoms with Gasteiger partial charge >= 0.3 is 6.09 Å². The number of likely N-dealkylation sites (tertiary alicyclic amines) is 1. The molecule has 8 heteroatoms. The first kappa shape index (κ1) is 23.9. The average Bonchev–Trinajstić information content (AvgIpc) is 3.42. The molecule has 2 amide bonds. The van der Waals surface area contributed by atoms with E-state index in [-0.39, 0.29) is 5.91 Å². The Morgan fingerprint density at radius 2 is 1.76 bits per heavy atom. The molecule has 1 aromatic carbocycles. The number of carbonyl (C=O) groups excluding carboxylic acids is 2. The second kappa shape index (κ2) is 9.54. The zero-order valence-corrected chi connectivity index (χ0v) is 21.0. The summed E-state index contributed by atoms with van der Waals surface area (Å²) in [7, 11) is 0. The van der Waals surface area contributed by atoms with Crippen LogP contribution in [0.1, 0.15) is 45.0 Å². The summed E-state index contributed by atoms with van der Waals surface area (Å²) >= 11 is 1.37. The van der Waals surface area contributed by atoms with E-state index < -0.39 is 17.7 Å². The highest BCUT2D eigenvalue weighted by atomic mass is 32.1. The van der Waals surface area contributed by atoms with Gasteiger partial charge in [-0.15, -0.1) is 11.3 Å². The highest BCUT2D eigenvalue weighted by Gasteiger charge is 2.36. The predicted octanol–water partition coefficient (Wildman–Crippen LogP) is 5.83. The molecule has 2 aromatic heterocycles. The lowest BCUT2D eigenvalue weighted by Gasteiger charge is -2.27. The first-order valence-electron chi connectivity index (χ1n) is 11.4. The smallest absolute Gasteiger partial charge is 0.410 e. The van der Waals surface area contributed by atoms with Crippen LogP contribution in [-0.2, 0) is 9.53 Å². The third kappa shape index (κ3) is 5.62. The molecule has 1 atom stereocenters. The topological polar surface area (TPSA) is 84.4 Å². The van der Waals surface area contributed by atoms with E-state index in [0.29, 0.717) is 18.1 Å². The minimum absolute atomic E-state index is 0.235. The lowest BCUT2D eigenvalue weighted by atomic mass is 10.0. The summed E-state index contributed by atoms with van der Waals surface area (Å²) in [5, 5.41) is 5.33. The molecule has 34 heavy (non-hydrogen) atoms. The molecule has 0 radical (unpaired) electrons. The zero-order chi connectivity index (χ0) is 24.5. The van der Waals surface area contributed by atoms with Gasteiger partial charge in [-0.05, 0) is 76.8 Å². The van der Waals surface area contributed by atoms with Gasteiger partial charge in [0.15, 0.2) is 5.13 Å². The molecule has 178 valence electrons. The molecule has 3 aromatic rings. The van der Waals surface area contributed by atoms with Crippen LogP contribution >= 0.6 is 11.3 Å². The van der Waals surface area contributed by atoms with E-state index in [4.69, 9.17) is 4.74 Å². The summed E-state index contributed by atoms with van der Waals surface area (Å²) in [5.41, 5.74) is 5.31. The summed E-state index contributed by atoms with van der Waals surface area (Å²) in [6.45, 7) is 9.95. The molecule has 0 aliphatic carbocycles. The number of carbonyl (C=O) groups is 2. The maximum absolute atomic E-state index is 12.9. The number of rotatable bonds is 4. The molecule has 0 bridgehead atoms. The molecule has 3 heterocycles. The van der Waals surface area contributed by atoms with Crippen molar-refractivity contribution in [3.05, 3.63) is 53.2 Å². The van der Waals surface area contributed by atoms with Gasteiger partial charge in [0, 0.05) is 28.9 Å². The van der Waals surface area contributed by atoms with Gasteiger partial charge in [-0.2, -0.15) is 0 Å². The number of nitrogens with zero attached hydrogens (tertiary/aromatic N) is 3. The SMILES string of the molecule is Cc1cc(-c2cccc(-c3csc(NC(=O)[C@@H]4CCCN4C(=O)OC(C)(C)C)n3)c2)cc(C)n1. The van der Waals surface area contributed by atoms with Gasteiger partial charge in [-0.25, -0.2) is 9.78 Å². The van der Waals surface area contributed by atoms with Gasteiger partial charge in [-0.1, -0.05) is 18.2 Å². The first-order chi connectivity index (χ1) is 16.1. The number of hydrogen-bond donors (Lipinski definition) is 1. The first-order valence-corrected chi connectivity index (χ1v) is 12.3. The van der Waals surface area contributed by atoms with E-state index in [0.717, 1.165) is 40.2 Å². The van der Waals surface area contributed by atoms with Crippen molar-refractivity contribution >= 4 is 28.5 Å². The molecule has 1 aliphatic rings. The molecule has 1 aliphatic heterocycles. The van der Waals surface area contributed by atoms with Crippen molar-refractivity contribution in [2.45, 2.75) is 59.1 Å². The number of hydrogen-bond acceptors (Lipinski definition) is 6. The van der Waals surface area contributed by atoms with Crippen LogP contribution in [0, 0.1) is 13.8 Å². The number of aryl methyl sites for hydroxylation is 2. The van der Waals surface area contributed by atoms with E-state index in [2.05, 4.69) is 39.6 Å². The second-order valence-corrected chi connectivity index (χ2v) is 10.4. The molecular weight excluding hydrogens is 448 g/mol. The molecule has 7 nitrogen and oxygen atoms in total. The Balaban J connectivity index is 1.48. The number of nitrogens with one attached hydrogen (secondary N) is 1. The van der Waals surface area contributed by atoms with Gasteiger partial charge in [0.25, 0.3) is 0 Å². The fourth-order valence-electron chi connectivity index (χ4n) is 4.09. The quantitative estimate of drug-likeness (QED) is 0.510. The van der Waals surface area contributed by atoms with Gasteiger partial charge in [-0.3, -0.25) is 14.7 Å². The van der Waals surface area contributed by atoms with Crippen molar-refractivity contribution in [1.82, 2.24) is 14.9 Å². The molecule has 0 unspecified atom stereocenters. The Labute approximate surface area is 204 Å². The normalized spacial score (nSPS) is 15.9. The highest BCUT2D eigenvalue weighted by Crippen LogP contribution is 2.30. The van der Waals surface area contributed by atoms with E-state index in [1.54, 1.807) is 0 Å². The third-order valence-corrected chi connectivity index (χ3v) is 6.25. The van der Waals surface area contributed by atoms with Gasteiger partial charge in [0.1, 0.15) is 11.6 Å². The second-order valence-electron chi connectivity index (χ2n) is 9.58. The number of aromatic nitrogens is 2. The van der Waals surface area contributed by atoms with Crippen LogP contribution in [0.3, 0.4) is 0 Å². The number of amides is 2. The number of anilines is 1. The largest absolute Gasteiger partial charge is 0.444 e. The van der Waals surface area contributed by atoms with Crippen LogP contribution in [0.25, 0.3) is 22.4 Å². The number of pyridine rings is 1. The van der Waals surface area contributed by atoms with Crippen molar-refractivity contribution in [2.24, 2.45) is 0 Å². The van der Waals surface area contributed by atoms with Crippen molar-refractivity contribution < 1.29 is 14.3 Å². The van der Waals surface area contributed by atoms with Crippen LogP contribution in [0.4, 0.5) is 9.93 Å². The lowest BCUT2D eigenvalue weighted by molar-refractivity contribution is -0.120. The lowest BCUT2D eigenvalue weighted by Crippen LogP contribution is -2.45. The third-order valence-electron chi connectivity index (χ3n) is 5.49. The molecule has 1 N–H and O–H groups in total. The van der Waals surface area contributed by atoms with Gasteiger partial charge in [0.2, 0.25) is 5.91 Å². The fourth-order valence-corrected chi connectivity index (χ4v) is 4.81. The van der Waals surface area contributed by atoms with E-state index in [1.165, 1.54) is 16.2 Å². The van der Waals surface area contributed by atoms with E-state index in [9.17, 15) is 9.59 Å². The fraction of sp³-hybridized carbons (Fsp3) is 0.385. The summed E-state index contributed by atoms with van der Waals surface area (Å²) < 4.78 is 5.47. The number of ether oxygens (including phenoxy) is 1. The molecule has 4 rings (SSSR count). The van der Waals surface area contributed by atoms with Gasteiger partial charge < -0.3 is 10.1 Å². The van der Waals surface area contributed by atoms with E-state index >= 15 is 0 Å². The van der Waals surface area contributed by atoms with Crippen molar-refractivity contribution in [3.63, 3.8) is 0 Å². The zero-order valence-electron chi connectivity index (χ0n) is 20.2. The van der Waals surface area contributed by atoms with Crippen LogP contribution in [0.5, 0.6) is 0 Å². The Morgan fingerprint density at radius 1 is 1.06 bits per heavy atom. The van der Waals surface area contributed by atoms with Crippen molar-refractivity contribution in [2.75, 3.05) is 11.9 Å². The minimum Gasteiger partial charge on any atom is -0.444 e.